The lowest BCUT2D eigenvalue weighted by molar-refractivity contribution is 0.111. The highest BCUT2D eigenvalue weighted by Gasteiger charge is 2.21. The minimum Gasteiger partial charge on any atom is -0.375 e. The van der Waals surface area contributed by atoms with E-state index in [0.29, 0.717) is 17.6 Å². The Kier molecular flexibility index (Phi) is 8.34. The van der Waals surface area contributed by atoms with Crippen molar-refractivity contribution in [3.05, 3.63) is 58.7 Å². The number of nitrogens with one attached hydrogen (secondary N) is 2. The number of methoxy groups -OCH3 is 1. The first-order valence-corrected chi connectivity index (χ1v) is 11.0. The van der Waals surface area contributed by atoms with Gasteiger partial charge in [-0.15, -0.1) is 0 Å². The first-order valence-electron chi connectivity index (χ1n) is 10.6. The van der Waals surface area contributed by atoms with Gasteiger partial charge in [-0.2, -0.15) is 0 Å². The third kappa shape index (κ3) is 6.34. The predicted molar refractivity (Wildman–Crippen MR) is 125 cm³/mol. The van der Waals surface area contributed by atoms with Crippen LogP contribution in [-0.2, 0) is 4.74 Å². The van der Waals surface area contributed by atoms with Gasteiger partial charge in [-0.3, -0.25) is 4.99 Å². The summed E-state index contributed by atoms with van der Waals surface area (Å²) in [6.45, 7) is 7.42. The normalized spacial score (nSPS) is 16.4. The number of ether oxygens (including phenoxy) is 1. The summed E-state index contributed by atoms with van der Waals surface area (Å²) in [7, 11) is 1.70. The van der Waals surface area contributed by atoms with Gasteiger partial charge in [0.15, 0.2) is 5.96 Å². The molecule has 0 spiro atoms. The average Bonchev–Trinajstić information content (AvgIpc) is 2.75. The molecule has 1 aliphatic heterocycles. The van der Waals surface area contributed by atoms with Crippen LogP contribution in [0.3, 0.4) is 0 Å². The summed E-state index contributed by atoms with van der Waals surface area (Å²) < 4.78 is 5.65. The molecular weight excluding hydrogens is 398 g/mol. The molecule has 1 saturated heterocycles. The fraction of sp³-hybridized carbons (Fsp3) is 0.478. The summed E-state index contributed by atoms with van der Waals surface area (Å²) in [6, 6.07) is 14.3. The van der Waals surface area contributed by atoms with Gasteiger partial charge in [0.1, 0.15) is 11.9 Å². The molecule has 0 amide bonds. The van der Waals surface area contributed by atoms with E-state index in [-0.39, 0.29) is 6.10 Å². The van der Waals surface area contributed by atoms with Crippen LogP contribution >= 0.6 is 11.6 Å². The molecule has 7 heteroatoms. The average molecular weight is 430 g/mol. The van der Waals surface area contributed by atoms with E-state index in [9.17, 15) is 0 Å². The molecule has 3 rings (SSSR count). The maximum absolute atomic E-state index is 6.13. The summed E-state index contributed by atoms with van der Waals surface area (Å²) in [4.78, 5) is 11.8. The van der Waals surface area contributed by atoms with Gasteiger partial charge in [0.25, 0.3) is 0 Å². The first kappa shape index (κ1) is 22.4. The second-order valence-corrected chi connectivity index (χ2v) is 7.98. The van der Waals surface area contributed by atoms with Gasteiger partial charge in [-0.1, -0.05) is 29.8 Å². The smallest absolute Gasteiger partial charge is 0.191 e. The molecule has 0 bridgehead atoms. The number of aromatic nitrogens is 1. The van der Waals surface area contributed by atoms with Crippen molar-refractivity contribution in [3.63, 3.8) is 0 Å². The van der Waals surface area contributed by atoms with Gasteiger partial charge >= 0.3 is 0 Å². The second kappa shape index (κ2) is 11.2. The first-order chi connectivity index (χ1) is 14.6. The van der Waals surface area contributed by atoms with E-state index in [1.165, 1.54) is 0 Å². The SMILES string of the molecule is CCNC(=NCC(OC)c1cccc(Cl)c1)NC1CCN(c2cccc(C)n2)CC1. The molecule has 2 heterocycles. The van der Waals surface area contributed by atoms with Gasteiger partial charge in [0, 0.05) is 43.5 Å². The third-order valence-electron chi connectivity index (χ3n) is 5.30. The van der Waals surface area contributed by atoms with Gasteiger partial charge < -0.3 is 20.3 Å². The number of hydrogen-bond donors (Lipinski definition) is 2. The lowest BCUT2D eigenvalue weighted by Gasteiger charge is -2.34. The fourth-order valence-corrected chi connectivity index (χ4v) is 3.87. The lowest BCUT2D eigenvalue weighted by Crippen LogP contribution is -2.49. The minimum absolute atomic E-state index is 0.131. The molecule has 2 N–H and O–H groups in total. The van der Waals surface area contributed by atoms with Gasteiger partial charge in [-0.25, -0.2) is 4.98 Å². The number of aliphatic imine (C=N–C) groups is 1. The highest BCUT2D eigenvalue weighted by atomic mass is 35.5. The molecule has 0 aliphatic carbocycles. The summed E-state index contributed by atoms with van der Waals surface area (Å²) in [5.41, 5.74) is 2.09. The number of guanidine groups is 1. The Morgan fingerprint density at radius 1 is 1.27 bits per heavy atom. The maximum atomic E-state index is 6.13. The van der Waals surface area contributed by atoms with Crippen molar-refractivity contribution in [3.8, 4) is 0 Å². The number of piperidine rings is 1. The maximum Gasteiger partial charge on any atom is 0.191 e. The predicted octanol–water partition coefficient (Wildman–Crippen LogP) is 3.96. The number of nitrogens with zero attached hydrogens (tertiary/aromatic N) is 3. The summed E-state index contributed by atoms with van der Waals surface area (Å²) >= 11 is 6.13. The van der Waals surface area contributed by atoms with Crippen molar-refractivity contribution < 1.29 is 4.74 Å². The molecule has 2 aromatic rings. The van der Waals surface area contributed by atoms with Crippen molar-refractivity contribution in [1.82, 2.24) is 15.6 Å². The number of halogens is 1. The van der Waals surface area contributed by atoms with Crippen LogP contribution in [0, 0.1) is 6.92 Å². The van der Waals surface area contributed by atoms with Gasteiger partial charge in [0.05, 0.1) is 6.54 Å². The quantitative estimate of drug-likeness (QED) is 0.515. The lowest BCUT2D eigenvalue weighted by atomic mass is 10.1. The fourth-order valence-electron chi connectivity index (χ4n) is 3.67. The van der Waals surface area contributed by atoms with E-state index in [1.54, 1.807) is 7.11 Å². The Hall–Kier alpha value is -2.31. The van der Waals surface area contributed by atoms with Crippen LogP contribution in [0.15, 0.2) is 47.5 Å². The molecule has 1 aromatic heterocycles. The molecule has 6 nitrogen and oxygen atoms in total. The number of pyridine rings is 1. The van der Waals surface area contributed by atoms with Gasteiger partial charge in [0.2, 0.25) is 0 Å². The van der Waals surface area contributed by atoms with Crippen LogP contribution in [0.1, 0.15) is 37.1 Å². The molecule has 0 radical (unpaired) electrons. The van der Waals surface area contributed by atoms with E-state index < -0.39 is 0 Å². The number of aryl methyl sites for hydroxylation is 1. The van der Waals surface area contributed by atoms with Crippen molar-refractivity contribution in [2.45, 2.75) is 38.8 Å². The van der Waals surface area contributed by atoms with E-state index >= 15 is 0 Å². The molecule has 1 aliphatic rings. The molecule has 1 fully saturated rings. The van der Waals surface area contributed by atoms with Crippen LogP contribution in [0.5, 0.6) is 0 Å². The highest BCUT2D eigenvalue weighted by Crippen LogP contribution is 2.21. The van der Waals surface area contributed by atoms with Crippen molar-refractivity contribution >= 4 is 23.4 Å². The summed E-state index contributed by atoms with van der Waals surface area (Å²) in [5, 5.41) is 7.65. The summed E-state index contributed by atoms with van der Waals surface area (Å²) in [5.74, 6) is 1.90. The second-order valence-electron chi connectivity index (χ2n) is 7.54. The topological polar surface area (TPSA) is 61.8 Å². The van der Waals surface area contributed by atoms with Crippen LogP contribution in [0.2, 0.25) is 5.02 Å². The van der Waals surface area contributed by atoms with Crippen LogP contribution < -0.4 is 15.5 Å². The van der Waals surface area contributed by atoms with E-state index in [2.05, 4.69) is 39.6 Å². The van der Waals surface area contributed by atoms with Crippen LogP contribution in [-0.4, -0.2) is 50.3 Å². The molecule has 1 aromatic carbocycles. The Morgan fingerprint density at radius 3 is 2.70 bits per heavy atom. The highest BCUT2D eigenvalue weighted by molar-refractivity contribution is 6.30. The minimum atomic E-state index is -0.131. The molecule has 1 atom stereocenters. The monoisotopic (exact) mass is 429 g/mol. The standard InChI is InChI=1S/C23H32ClN5O/c1-4-25-23(26-16-21(30-3)18-8-6-9-19(24)15-18)28-20-11-13-29(14-12-20)22-10-5-7-17(2)27-22/h5-10,15,20-21H,4,11-14,16H2,1-3H3,(H2,25,26,28). The van der Waals surface area contributed by atoms with E-state index in [1.807, 2.05) is 37.3 Å². The number of anilines is 1. The Labute approximate surface area is 184 Å². The van der Waals surface area contributed by atoms with E-state index in [0.717, 1.165) is 55.5 Å². The summed E-state index contributed by atoms with van der Waals surface area (Å²) in [6.07, 6.45) is 1.96. The largest absolute Gasteiger partial charge is 0.375 e. The number of rotatable bonds is 7. The zero-order chi connectivity index (χ0) is 21.3. The molecule has 1 unspecified atom stereocenters. The zero-order valence-electron chi connectivity index (χ0n) is 18.1. The van der Waals surface area contributed by atoms with Crippen molar-refractivity contribution in [1.29, 1.82) is 0 Å². The molecule has 162 valence electrons. The number of benzene rings is 1. The Bertz CT molecular complexity index is 836. The molecular formula is C23H32ClN5O. The Morgan fingerprint density at radius 2 is 2.03 bits per heavy atom. The third-order valence-corrected chi connectivity index (χ3v) is 5.53. The zero-order valence-corrected chi connectivity index (χ0v) is 18.8. The van der Waals surface area contributed by atoms with Crippen molar-refractivity contribution in [2.75, 3.05) is 38.2 Å². The van der Waals surface area contributed by atoms with Crippen LogP contribution in [0.25, 0.3) is 0 Å². The Balaban J connectivity index is 1.57. The van der Waals surface area contributed by atoms with Crippen molar-refractivity contribution in [2.24, 2.45) is 4.99 Å². The van der Waals surface area contributed by atoms with Gasteiger partial charge in [-0.05, 0) is 56.5 Å². The number of hydrogen-bond acceptors (Lipinski definition) is 4. The van der Waals surface area contributed by atoms with E-state index in [4.69, 9.17) is 21.3 Å². The molecule has 30 heavy (non-hydrogen) atoms. The van der Waals surface area contributed by atoms with Crippen LogP contribution in [0.4, 0.5) is 5.82 Å². The molecule has 0 saturated carbocycles.